The third kappa shape index (κ3) is 3.93. The molecule has 112 valence electrons. The molecule has 0 aromatic heterocycles. The van der Waals surface area contributed by atoms with Gasteiger partial charge in [-0.2, -0.15) is 0 Å². The van der Waals surface area contributed by atoms with Gasteiger partial charge in [0, 0.05) is 19.1 Å². The van der Waals surface area contributed by atoms with Gasteiger partial charge in [0.1, 0.15) is 0 Å². The molecule has 2 rings (SSSR count). The normalized spacial score (nSPS) is 27.2. The standard InChI is InChI=1S/C16H32N2O/c1-13(14-5-7-17-8-6-14)15(16(2,3)4)18-9-11-19-12-10-18/h13-15,17H,5-12H2,1-4H3. The zero-order valence-electron chi connectivity index (χ0n) is 13.2. The van der Waals surface area contributed by atoms with Crippen molar-refractivity contribution in [2.24, 2.45) is 17.3 Å². The summed E-state index contributed by atoms with van der Waals surface area (Å²) in [5.74, 6) is 1.66. The molecule has 3 nitrogen and oxygen atoms in total. The second kappa shape index (κ2) is 6.55. The van der Waals surface area contributed by atoms with Crippen molar-refractivity contribution in [2.45, 2.75) is 46.6 Å². The summed E-state index contributed by atoms with van der Waals surface area (Å²) in [7, 11) is 0. The highest BCUT2D eigenvalue weighted by atomic mass is 16.5. The molecule has 2 aliphatic rings. The molecule has 2 saturated heterocycles. The Kier molecular flexibility index (Phi) is 5.27. The fourth-order valence-corrected chi connectivity index (χ4v) is 4.15. The average molecular weight is 268 g/mol. The molecule has 19 heavy (non-hydrogen) atoms. The molecule has 2 unspecified atom stereocenters. The van der Waals surface area contributed by atoms with Gasteiger partial charge in [0.05, 0.1) is 13.2 Å². The highest BCUT2D eigenvalue weighted by molar-refractivity contribution is 4.91. The van der Waals surface area contributed by atoms with Gasteiger partial charge in [0.2, 0.25) is 0 Å². The number of morpholine rings is 1. The number of ether oxygens (including phenoxy) is 1. The number of nitrogens with zero attached hydrogens (tertiary/aromatic N) is 1. The number of rotatable bonds is 3. The smallest absolute Gasteiger partial charge is 0.0594 e. The lowest BCUT2D eigenvalue weighted by Crippen LogP contribution is -2.54. The first-order valence-corrected chi connectivity index (χ1v) is 8.02. The van der Waals surface area contributed by atoms with E-state index in [4.69, 9.17) is 4.74 Å². The highest BCUT2D eigenvalue weighted by Gasteiger charge is 2.38. The molecule has 0 spiro atoms. The zero-order valence-corrected chi connectivity index (χ0v) is 13.2. The van der Waals surface area contributed by atoms with E-state index in [0.29, 0.717) is 11.5 Å². The minimum absolute atomic E-state index is 0.349. The van der Waals surface area contributed by atoms with Crippen molar-refractivity contribution in [3.05, 3.63) is 0 Å². The van der Waals surface area contributed by atoms with Crippen LogP contribution in [0.1, 0.15) is 40.5 Å². The average Bonchev–Trinajstić information content (AvgIpc) is 2.39. The molecule has 2 heterocycles. The maximum Gasteiger partial charge on any atom is 0.0594 e. The van der Waals surface area contributed by atoms with E-state index < -0.39 is 0 Å². The Morgan fingerprint density at radius 3 is 2.21 bits per heavy atom. The van der Waals surface area contributed by atoms with Crippen molar-refractivity contribution in [1.82, 2.24) is 10.2 Å². The van der Waals surface area contributed by atoms with Crippen LogP contribution in [0, 0.1) is 17.3 Å². The molecule has 0 bridgehead atoms. The summed E-state index contributed by atoms with van der Waals surface area (Å²) < 4.78 is 5.54. The SMILES string of the molecule is CC(C1CCNCC1)C(N1CCOCC1)C(C)(C)C. The summed E-state index contributed by atoms with van der Waals surface area (Å²) in [5, 5.41) is 3.49. The molecule has 2 aliphatic heterocycles. The molecule has 2 atom stereocenters. The van der Waals surface area contributed by atoms with Crippen molar-refractivity contribution in [1.29, 1.82) is 0 Å². The van der Waals surface area contributed by atoms with E-state index in [2.05, 4.69) is 37.9 Å². The van der Waals surface area contributed by atoms with Crippen LogP contribution in [0.5, 0.6) is 0 Å². The summed E-state index contributed by atoms with van der Waals surface area (Å²) in [4.78, 5) is 2.69. The van der Waals surface area contributed by atoms with E-state index in [1.165, 1.54) is 25.9 Å². The van der Waals surface area contributed by atoms with Gasteiger partial charge in [-0.25, -0.2) is 0 Å². The van der Waals surface area contributed by atoms with Crippen LogP contribution in [-0.2, 0) is 4.74 Å². The van der Waals surface area contributed by atoms with E-state index in [9.17, 15) is 0 Å². The predicted molar refractivity (Wildman–Crippen MR) is 80.4 cm³/mol. The minimum Gasteiger partial charge on any atom is -0.379 e. The van der Waals surface area contributed by atoms with Crippen LogP contribution in [-0.4, -0.2) is 50.3 Å². The van der Waals surface area contributed by atoms with E-state index in [1.807, 2.05) is 0 Å². The van der Waals surface area contributed by atoms with Gasteiger partial charge in [-0.1, -0.05) is 27.7 Å². The Balaban J connectivity index is 2.07. The molecule has 0 radical (unpaired) electrons. The van der Waals surface area contributed by atoms with Crippen molar-refractivity contribution < 1.29 is 4.74 Å². The van der Waals surface area contributed by atoms with Crippen LogP contribution >= 0.6 is 0 Å². The summed E-state index contributed by atoms with van der Waals surface area (Å²) in [6, 6.07) is 0.680. The molecular formula is C16H32N2O. The Morgan fingerprint density at radius 2 is 1.68 bits per heavy atom. The van der Waals surface area contributed by atoms with E-state index >= 15 is 0 Å². The Bertz CT molecular complexity index is 262. The highest BCUT2D eigenvalue weighted by Crippen LogP contribution is 2.37. The third-order valence-corrected chi connectivity index (χ3v) is 4.95. The number of nitrogens with one attached hydrogen (secondary N) is 1. The molecule has 1 N–H and O–H groups in total. The molecular weight excluding hydrogens is 236 g/mol. The molecule has 0 aliphatic carbocycles. The van der Waals surface area contributed by atoms with Crippen LogP contribution < -0.4 is 5.32 Å². The fourth-order valence-electron chi connectivity index (χ4n) is 4.15. The van der Waals surface area contributed by atoms with Crippen molar-refractivity contribution in [3.63, 3.8) is 0 Å². The first-order chi connectivity index (χ1) is 9.00. The summed E-state index contributed by atoms with van der Waals surface area (Å²) in [6.45, 7) is 16.1. The second-order valence-corrected chi connectivity index (χ2v) is 7.41. The summed E-state index contributed by atoms with van der Waals surface area (Å²) in [5.41, 5.74) is 0.349. The van der Waals surface area contributed by atoms with Gasteiger partial charge in [0.25, 0.3) is 0 Å². The van der Waals surface area contributed by atoms with Gasteiger partial charge >= 0.3 is 0 Å². The molecule has 0 aromatic carbocycles. The second-order valence-electron chi connectivity index (χ2n) is 7.41. The lowest BCUT2D eigenvalue weighted by atomic mass is 9.71. The first kappa shape index (κ1) is 15.3. The monoisotopic (exact) mass is 268 g/mol. The van der Waals surface area contributed by atoms with Gasteiger partial charge in [0.15, 0.2) is 0 Å². The lowest BCUT2D eigenvalue weighted by molar-refractivity contribution is -0.0398. The van der Waals surface area contributed by atoms with Crippen LogP contribution in [0.3, 0.4) is 0 Å². The summed E-state index contributed by atoms with van der Waals surface area (Å²) >= 11 is 0. The van der Waals surface area contributed by atoms with Gasteiger partial charge < -0.3 is 10.1 Å². The molecule has 0 saturated carbocycles. The Labute approximate surface area is 119 Å². The maximum absolute atomic E-state index is 5.54. The topological polar surface area (TPSA) is 24.5 Å². The lowest BCUT2D eigenvalue weighted by Gasteiger charge is -2.48. The largest absolute Gasteiger partial charge is 0.379 e. The van der Waals surface area contributed by atoms with Crippen molar-refractivity contribution >= 4 is 0 Å². The quantitative estimate of drug-likeness (QED) is 0.850. The summed E-state index contributed by atoms with van der Waals surface area (Å²) in [6.07, 6.45) is 2.69. The van der Waals surface area contributed by atoms with Crippen LogP contribution in [0.15, 0.2) is 0 Å². The van der Waals surface area contributed by atoms with Gasteiger partial charge in [-0.05, 0) is 43.2 Å². The number of piperidine rings is 1. The minimum atomic E-state index is 0.349. The van der Waals surface area contributed by atoms with E-state index in [0.717, 1.165) is 38.1 Å². The Morgan fingerprint density at radius 1 is 1.11 bits per heavy atom. The van der Waals surface area contributed by atoms with E-state index in [-0.39, 0.29) is 0 Å². The van der Waals surface area contributed by atoms with Crippen LogP contribution in [0.2, 0.25) is 0 Å². The zero-order chi connectivity index (χ0) is 13.9. The molecule has 0 aromatic rings. The van der Waals surface area contributed by atoms with Crippen molar-refractivity contribution in [3.8, 4) is 0 Å². The number of hydrogen-bond acceptors (Lipinski definition) is 3. The number of hydrogen-bond donors (Lipinski definition) is 1. The fraction of sp³-hybridized carbons (Fsp3) is 1.00. The first-order valence-electron chi connectivity index (χ1n) is 8.02. The van der Waals surface area contributed by atoms with Crippen molar-refractivity contribution in [2.75, 3.05) is 39.4 Å². The molecule has 2 fully saturated rings. The maximum atomic E-state index is 5.54. The molecule has 3 heteroatoms. The Hall–Kier alpha value is -0.120. The van der Waals surface area contributed by atoms with E-state index in [1.54, 1.807) is 0 Å². The van der Waals surface area contributed by atoms with Gasteiger partial charge in [-0.3, -0.25) is 4.90 Å². The van der Waals surface area contributed by atoms with Crippen LogP contribution in [0.4, 0.5) is 0 Å². The van der Waals surface area contributed by atoms with Gasteiger partial charge in [-0.15, -0.1) is 0 Å². The third-order valence-electron chi connectivity index (χ3n) is 4.95. The van der Waals surface area contributed by atoms with Crippen LogP contribution in [0.25, 0.3) is 0 Å². The molecule has 0 amide bonds. The predicted octanol–water partition coefficient (Wildman–Crippen LogP) is 2.37.